The quantitative estimate of drug-likeness (QED) is 0.365. The van der Waals surface area contributed by atoms with Gasteiger partial charge in [0.15, 0.2) is 17.3 Å². The number of carbonyl (C=O) groups is 1. The molecule has 2 aliphatic heterocycles. The van der Waals surface area contributed by atoms with Crippen LogP contribution in [-0.4, -0.2) is 38.7 Å². The van der Waals surface area contributed by atoms with Crippen LogP contribution in [0.5, 0.6) is 28.7 Å². The Labute approximate surface area is 218 Å². The zero-order valence-corrected chi connectivity index (χ0v) is 21.4. The average Bonchev–Trinajstić information content (AvgIpc) is 3.20. The summed E-state index contributed by atoms with van der Waals surface area (Å²) in [5.74, 6) is 2.61. The molecule has 0 fully saturated rings. The van der Waals surface area contributed by atoms with Crippen LogP contribution in [0, 0.1) is 0 Å². The van der Waals surface area contributed by atoms with Gasteiger partial charge >= 0.3 is 0 Å². The summed E-state index contributed by atoms with van der Waals surface area (Å²) in [6.45, 7) is 1.47. The minimum absolute atomic E-state index is 0.200. The predicted molar refractivity (Wildman–Crippen MR) is 137 cm³/mol. The highest BCUT2D eigenvalue weighted by molar-refractivity contribution is 6.35. The molecule has 3 aromatic rings. The minimum Gasteiger partial charge on any atom is -0.493 e. The minimum atomic E-state index is -0.209. The predicted octanol–water partition coefficient (Wildman–Crippen LogP) is 5.99. The normalized spacial score (nSPS) is 15.7. The van der Waals surface area contributed by atoms with E-state index < -0.39 is 0 Å². The Hall–Kier alpha value is -3.39. The van der Waals surface area contributed by atoms with Gasteiger partial charge in [0.25, 0.3) is 0 Å². The third kappa shape index (κ3) is 4.46. The fourth-order valence-corrected chi connectivity index (χ4v) is 4.80. The lowest BCUT2D eigenvalue weighted by molar-refractivity contribution is 0.0873. The van der Waals surface area contributed by atoms with Crippen molar-refractivity contribution >= 4 is 35.1 Å². The van der Waals surface area contributed by atoms with Crippen molar-refractivity contribution in [3.63, 3.8) is 0 Å². The van der Waals surface area contributed by atoms with E-state index in [1.807, 2.05) is 12.1 Å². The summed E-state index contributed by atoms with van der Waals surface area (Å²) in [5.41, 5.74) is 2.90. The molecule has 0 aliphatic carbocycles. The zero-order valence-electron chi connectivity index (χ0n) is 19.9. The zero-order chi connectivity index (χ0) is 25.4. The van der Waals surface area contributed by atoms with Gasteiger partial charge in [0.2, 0.25) is 11.5 Å². The number of methoxy groups -OCH3 is 3. The number of halogens is 2. The number of carbonyl (C=O) groups excluding carboxylic acids is 1. The molecule has 3 aromatic carbocycles. The number of hydrogen-bond acceptors (Lipinski definition) is 7. The highest BCUT2D eigenvalue weighted by atomic mass is 35.5. The van der Waals surface area contributed by atoms with Gasteiger partial charge in [-0.1, -0.05) is 29.3 Å². The van der Waals surface area contributed by atoms with Gasteiger partial charge in [-0.3, -0.25) is 9.69 Å². The van der Waals surface area contributed by atoms with E-state index in [4.69, 9.17) is 46.9 Å². The summed E-state index contributed by atoms with van der Waals surface area (Å²) in [5, 5.41) is 1.17. The summed E-state index contributed by atoms with van der Waals surface area (Å²) >= 11 is 12.4. The topological polar surface area (TPSA) is 66.5 Å². The number of benzene rings is 3. The molecule has 0 aromatic heterocycles. The van der Waals surface area contributed by atoms with Crippen LogP contribution < -0.4 is 23.7 Å². The van der Waals surface area contributed by atoms with E-state index in [0.717, 1.165) is 11.1 Å². The number of ether oxygens (including phenoxy) is 5. The number of fused-ring (bicyclic) bond motifs is 3. The Morgan fingerprint density at radius 3 is 2.42 bits per heavy atom. The smallest absolute Gasteiger partial charge is 0.231 e. The first-order chi connectivity index (χ1) is 17.4. The molecule has 0 spiro atoms. The van der Waals surface area contributed by atoms with Crippen molar-refractivity contribution in [1.82, 2.24) is 4.90 Å². The molecule has 2 heterocycles. The number of rotatable bonds is 6. The summed E-state index contributed by atoms with van der Waals surface area (Å²) in [7, 11) is 4.61. The van der Waals surface area contributed by atoms with Gasteiger partial charge in [0.05, 0.1) is 32.5 Å². The standard InChI is InChI=1S/C27H23Cl2NO6/c1-32-23-9-15(10-24(33-2)27(23)34-3)8-22-25(31)18-6-7-21-19(26(18)36-22)13-30(14-35-21)12-16-4-5-17(28)11-20(16)29/h4-11H,12-14H2,1-3H3/b22-8-. The lowest BCUT2D eigenvalue weighted by atomic mass is 10.0. The molecule has 186 valence electrons. The third-order valence-electron chi connectivity index (χ3n) is 6.08. The van der Waals surface area contributed by atoms with Crippen molar-refractivity contribution in [3.8, 4) is 28.7 Å². The maximum atomic E-state index is 13.2. The molecular weight excluding hydrogens is 505 g/mol. The van der Waals surface area contributed by atoms with Crippen LogP contribution >= 0.6 is 23.2 Å². The molecule has 0 bridgehead atoms. The fourth-order valence-electron chi connectivity index (χ4n) is 4.33. The molecule has 7 nitrogen and oxygen atoms in total. The van der Waals surface area contributed by atoms with Crippen molar-refractivity contribution in [3.05, 3.63) is 80.5 Å². The number of Topliss-reactive ketones (excluding diaryl/α,β-unsaturated/α-hetero) is 1. The number of hydrogen-bond donors (Lipinski definition) is 0. The molecule has 0 atom stereocenters. The number of ketones is 1. The van der Waals surface area contributed by atoms with Crippen molar-refractivity contribution in [2.75, 3.05) is 28.1 Å². The van der Waals surface area contributed by atoms with E-state index >= 15 is 0 Å². The molecular formula is C27H23Cl2NO6. The fraction of sp³-hybridized carbons (Fsp3) is 0.222. The molecule has 0 amide bonds. The van der Waals surface area contributed by atoms with Crippen molar-refractivity contribution in [1.29, 1.82) is 0 Å². The number of allylic oxidation sites excluding steroid dienone is 1. The van der Waals surface area contributed by atoms with Crippen LogP contribution in [0.3, 0.4) is 0 Å². The van der Waals surface area contributed by atoms with Gasteiger partial charge in [-0.2, -0.15) is 0 Å². The average molecular weight is 528 g/mol. The van der Waals surface area contributed by atoms with Crippen LogP contribution in [0.4, 0.5) is 0 Å². The van der Waals surface area contributed by atoms with Crippen LogP contribution in [0.2, 0.25) is 10.0 Å². The Morgan fingerprint density at radius 1 is 1.00 bits per heavy atom. The van der Waals surface area contributed by atoms with E-state index in [1.54, 1.807) is 36.4 Å². The highest BCUT2D eigenvalue weighted by Gasteiger charge is 2.34. The second-order valence-electron chi connectivity index (χ2n) is 8.31. The van der Waals surface area contributed by atoms with Crippen LogP contribution in [0.15, 0.2) is 48.2 Å². The summed E-state index contributed by atoms with van der Waals surface area (Å²) in [6.07, 6.45) is 1.66. The first-order valence-corrected chi connectivity index (χ1v) is 11.9. The van der Waals surface area contributed by atoms with E-state index in [0.29, 0.717) is 69.7 Å². The first-order valence-electron chi connectivity index (χ1n) is 11.1. The largest absolute Gasteiger partial charge is 0.493 e. The van der Waals surface area contributed by atoms with Crippen molar-refractivity contribution in [2.45, 2.75) is 13.1 Å². The first kappa shape index (κ1) is 24.3. The molecule has 0 saturated heterocycles. The van der Waals surface area contributed by atoms with Gasteiger partial charge in [0, 0.05) is 23.1 Å². The van der Waals surface area contributed by atoms with Gasteiger partial charge < -0.3 is 23.7 Å². The SMILES string of the molecule is COc1cc(/C=C2\Oc3c(ccc4c3CN(Cc3ccc(Cl)cc3Cl)CO4)C2=O)cc(OC)c1OC. The highest BCUT2D eigenvalue weighted by Crippen LogP contribution is 2.43. The molecule has 0 unspecified atom stereocenters. The van der Waals surface area contributed by atoms with E-state index in [-0.39, 0.29) is 11.5 Å². The van der Waals surface area contributed by atoms with Crippen molar-refractivity contribution in [2.24, 2.45) is 0 Å². The maximum absolute atomic E-state index is 13.2. The van der Waals surface area contributed by atoms with Gasteiger partial charge in [-0.15, -0.1) is 0 Å². The van der Waals surface area contributed by atoms with E-state index in [9.17, 15) is 4.79 Å². The molecule has 0 N–H and O–H groups in total. The summed E-state index contributed by atoms with van der Waals surface area (Å²) in [4.78, 5) is 15.3. The molecule has 9 heteroatoms. The molecule has 5 rings (SSSR count). The lowest BCUT2D eigenvalue weighted by Gasteiger charge is -2.30. The molecule has 0 saturated carbocycles. The van der Waals surface area contributed by atoms with Gasteiger partial charge in [-0.05, 0) is 53.6 Å². The van der Waals surface area contributed by atoms with Crippen LogP contribution in [-0.2, 0) is 13.1 Å². The van der Waals surface area contributed by atoms with Gasteiger partial charge in [0.1, 0.15) is 18.2 Å². The van der Waals surface area contributed by atoms with Crippen molar-refractivity contribution < 1.29 is 28.5 Å². The number of nitrogens with zero attached hydrogens (tertiary/aromatic N) is 1. The van der Waals surface area contributed by atoms with Gasteiger partial charge in [-0.25, -0.2) is 0 Å². The summed E-state index contributed by atoms with van der Waals surface area (Å²) < 4.78 is 28.3. The Morgan fingerprint density at radius 2 is 1.75 bits per heavy atom. The van der Waals surface area contributed by atoms with Crippen LogP contribution in [0.25, 0.3) is 6.08 Å². The molecule has 2 aliphatic rings. The third-order valence-corrected chi connectivity index (χ3v) is 6.66. The van der Waals surface area contributed by atoms with E-state index in [2.05, 4.69) is 4.90 Å². The summed E-state index contributed by atoms with van der Waals surface area (Å²) in [6, 6.07) is 12.5. The monoisotopic (exact) mass is 527 g/mol. The second kappa shape index (κ2) is 9.93. The maximum Gasteiger partial charge on any atom is 0.231 e. The molecule has 0 radical (unpaired) electrons. The lowest BCUT2D eigenvalue weighted by Crippen LogP contribution is -2.31. The van der Waals surface area contributed by atoms with E-state index in [1.165, 1.54) is 21.3 Å². The Bertz CT molecular complexity index is 1360. The van der Waals surface area contributed by atoms with Crippen LogP contribution in [0.1, 0.15) is 27.0 Å². The Balaban J connectivity index is 1.44. The Kier molecular flexibility index (Phi) is 6.71. The second-order valence-corrected chi connectivity index (χ2v) is 9.16. The molecule has 36 heavy (non-hydrogen) atoms.